The highest BCUT2D eigenvalue weighted by Gasteiger charge is 2.26. The number of carboxylic acids is 1. The maximum Gasteiger partial charge on any atom is 0.356 e. The molecule has 1 atom stereocenters. The predicted molar refractivity (Wildman–Crippen MR) is 142 cm³/mol. The molecule has 1 N–H and O–H groups in total. The van der Waals surface area contributed by atoms with E-state index in [0.29, 0.717) is 28.9 Å². The van der Waals surface area contributed by atoms with Crippen LogP contribution in [0.2, 0.25) is 5.02 Å². The van der Waals surface area contributed by atoms with E-state index >= 15 is 0 Å². The van der Waals surface area contributed by atoms with Gasteiger partial charge in [0, 0.05) is 47.5 Å². The van der Waals surface area contributed by atoms with Gasteiger partial charge in [-0.3, -0.25) is 4.90 Å². The molecule has 0 amide bonds. The van der Waals surface area contributed by atoms with E-state index in [1.165, 1.54) is 6.07 Å². The minimum atomic E-state index is -1.03. The normalized spacial score (nSPS) is 18.4. The van der Waals surface area contributed by atoms with Crippen molar-refractivity contribution in [2.24, 2.45) is 0 Å². The molecule has 0 radical (unpaired) electrons. The molecule has 39 heavy (non-hydrogen) atoms. The van der Waals surface area contributed by atoms with Crippen LogP contribution in [0.25, 0.3) is 5.65 Å². The minimum Gasteiger partial charge on any atom is -0.476 e. The molecule has 2 aliphatic heterocycles. The summed E-state index contributed by atoms with van der Waals surface area (Å²) in [5.74, 6) is -0.644. The number of benzene rings is 1. The van der Waals surface area contributed by atoms with E-state index in [-0.39, 0.29) is 18.4 Å². The van der Waals surface area contributed by atoms with Crippen molar-refractivity contribution >= 4 is 23.2 Å². The summed E-state index contributed by atoms with van der Waals surface area (Å²) in [6.45, 7) is 4.09. The second-order valence-corrected chi connectivity index (χ2v) is 10.6. The Bertz CT molecular complexity index is 1490. The Morgan fingerprint density at radius 3 is 2.72 bits per heavy atom. The van der Waals surface area contributed by atoms with Crippen molar-refractivity contribution in [3.63, 3.8) is 0 Å². The number of rotatable bonds is 9. The first-order valence-electron chi connectivity index (χ1n) is 13.1. The number of carboxylic acid groups (broad SMARTS) is 1. The zero-order chi connectivity index (χ0) is 26.9. The lowest BCUT2D eigenvalue weighted by atomic mass is 9.93. The lowest BCUT2D eigenvalue weighted by molar-refractivity contribution is -0.0591. The van der Waals surface area contributed by atoms with E-state index in [1.807, 2.05) is 18.3 Å². The van der Waals surface area contributed by atoms with E-state index in [9.17, 15) is 14.3 Å². The van der Waals surface area contributed by atoms with E-state index in [2.05, 4.69) is 14.6 Å². The smallest absolute Gasteiger partial charge is 0.356 e. The average molecular weight is 554 g/mol. The Morgan fingerprint density at radius 1 is 1.18 bits per heavy atom. The molecule has 11 heteroatoms. The number of fused-ring (bicyclic) bond motifs is 1. The van der Waals surface area contributed by atoms with Gasteiger partial charge in [-0.1, -0.05) is 23.7 Å². The van der Waals surface area contributed by atoms with Gasteiger partial charge in [-0.25, -0.2) is 18.7 Å². The summed E-state index contributed by atoms with van der Waals surface area (Å²) >= 11 is 5.84. The Morgan fingerprint density at radius 2 is 2.00 bits per heavy atom. The Kier molecular flexibility index (Phi) is 7.24. The van der Waals surface area contributed by atoms with Gasteiger partial charge >= 0.3 is 5.97 Å². The Balaban J connectivity index is 1.09. The molecular weight excluding hydrogens is 525 g/mol. The number of halogens is 2. The molecule has 5 heterocycles. The molecule has 2 aliphatic rings. The number of nitrogens with zero attached hydrogens (tertiary/aromatic N) is 5. The van der Waals surface area contributed by atoms with E-state index in [4.69, 9.17) is 26.1 Å². The Labute approximate surface area is 229 Å². The van der Waals surface area contributed by atoms with Crippen molar-refractivity contribution < 1.29 is 23.8 Å². The molecule has 1 unspecified atom stereocenters. The molecule has 204 valence electrons. The average Bonchev–Trinajstić information content (AvgIpc) is 3.45. The monoisotopic (exact) mass is 553 g/mol. The molecule has 1 aromatic carbocycles. The predicted octanol–water partition coefficient (Wildman–Crippen LogP) is 4.77. The fourth-order valence-electron chi connectivity index (χ4n) is 5.26. The number of imidazole rings is 1. The molecule has 0 aliphatic carbocycles. The van der Waals surface area contributed by atoms with E-state index in [0.717, 1.165) is 62.5 Å². The van der Waals surface area contributed by atoms with Crippen molar-refractivity contribution in [1.29, 1.82) is 0 Å². The number of ether oxygens (including phenoxy) is 2. The maximum absolute atomic E-state index is 14.1. The summed E-state index contributed by atoms with van der Waals surface area (Å²) in [6.07, 6.45) is 4.98. The molecule has 2 fully saturated rings. The van der Waals surface area contributed by atoms with Gasteiger partial charge in [0.15, 0.2) is 5.69 Å². The number of hydrogen-bond acceptors (Lipinski definition) is 6. The third-order valence-electron chi connectivity index (χ3n) is 7.54. The van der Waals surface area contributed by atoms with Crippen molar-refractivity contribution in [2.45, 2.75) is 51.0 Å². The molecular formula is C28H29ClFN5O4. The van der Waals surface area contributed by atoms with Crippen LogP contribution in [0.5, 0.6) is 5.88 Å². The van der Waals surface area contributed by atoms with Gasteiger partial charge < -0.3 is 19.1 Å². The number of carbonyl (C=O) groups is 1. The lowest BCUT2D eigenvalue weighted by Gasteiger charge is -2.32. The first-order valence-corrected chi connectivity index (χ1v) is 13.5. The second kappa shape index (κ2) is 11.0. The van der Waals surface area contributed by atoms with Gasteiger partial charge in [0.25, 0.3) is 0 Å². The van der Waals surface area contributed by atoms with Crippen LogP contribution in [0.4, 0.5) is 4.39 Å². The topological polar surface area (TPSA) is 94.1 Å². The summed E-state index contributed by atoms with van der Waals surface area (Å²) in [5, 5.41) is 13.9. The van der Waals surface area contributed by atoms with Crippen molar-refractivity contribution in [3.05, 3.63) is 82.1 Å². The third-order valence-corrected chi connectivity index (χ3v) is 7.77. The van der Waals surface area contributed by atoms with Crippen LogP contribution >= 0.6 is 11.6 Å². The molecule has 6 rings (SSSR count). The van der Waals surface area contributed by atoms with Gasteiger partial charge in [0.2, 0.25) is 5.88 Å². The van der Waals surface area contributed by atoms with E-state index < -0.39 is 11.8 Å². The lowest BCUT2D eigenvalue weighted by Crippen LogP contribution is -2.35. The van der Waals surface area contributed by atoms with E-state index in [1.54, 1.807) is 28.8 Å². The fourth-order valence-corrected chi connectivity index (χ4v) is 5.42. The van der Waals surface area contributed by atoms with Crippen LogP contribution in [0.3, 0.4) is 0 Å². The zero-order valence-electron chi connectivity index (χ0n) is 21.3. The summed E-state index contributed by atoms with van der Waals surface area (Å²) in [7, 11) is 0. The van der Waals surface area contributed by atoms with Crippen molar-refractivity contribution in [1.82, 2.24) is 24.1 Å². The van der Waals surface area contributed by atoms with Crippen molar-refractivity contribution in [2.75, 3.05) is 19.7 Å². The number of hydrogen-bond donors (Lipinski definition) is 1. The molecule has 2 saturated heterocycles. The van der Waals surface area contributed by atoms with Crippen LogP contribution in [0.15, 0.2) is 48.7 Å². The number of pyridine rings is 1. The maximum atomic E-state index is 14.1. The van der Waals surface area contributed by atoms with Gasteiger partial charge in [-0.15, -0.1) is 0 Å². The molecule has 0 spiro atoms. The van der Waals surface area contributed by atoms with Crippen LogP contribution in [0, 0.1) is 5.82 Å². The van der Waals surface area contributed by atoms with Crippen LogP contribution in [-0.2, 0) is 24.4 Å². The zero-order valence-corrected chi connectivity index (χ0v) is 22.1. The highest BCUT2D eigenvalue weighted by atomic mass is 35.5. The molecule has 0 bridgehead atoms. The largest absolute Gasteiger partial charge is 0.476 e. The number of aromatic carboxylic acids is 1. The third kappa shape index (κ3) is 5.63. The Hall–Kier alpha value is -3.47. The van der Waals surface area contributed by atoms with Crippen LogP contribution < -0.4 is 4.74 Å². The van der Waals surface area contributed by atoms with Crippen LogP contribution in [-0.4, -0.2) is 60.9 Å². The number of piperidine rings is 1. The van der Waals surface area contributed by atoms with Gasteiger partial charge in [0.05, 0.1) is 24.5 Å². The first kappa shape index (κ1) is 25.8. The summed E-state index contributed by atoms with van der Waals surface area (Å²) in [6, 6.07) is 11.9. The minimum absolute atomic E-state index is 0.0395. The summed E-state index contributed by atoms with van der Waals surface area (Å²) in [4.78, 5) is 18.5. The van der Waals surface area contributed by atoms with Gasteiger partial charge in [0.1, 0.15) is 18.1 Å². The SMILES string of the molecule is O=C(O)c1cc2n(CC3CCO3)c(CN3CCC(c4cccc(OCc5ccc(Cl)cc5F)n4)CC3)cn2n1. The second-order valence-electron chi connectivity index (χ2n) is 10.1. The van der Waals surface area contributed by atoms with Crippen molar-refractivity contribution in [3.8, 4) is 5.88 Å². The fraction of sp³-hybridized carbons (Fsp3) is 0.393. The molecule has 3 aromatic heterocycles. The molecule has 0 saturated carbocycles. The highest BCUT2D eigenvalue weighted by molar-refractivity contribution is 6.30. The quantitative estimate of drug-likeness (QED) is 0.319. The standard InChI is InChI=1S/C28H29ClFN5O4/c29-20-5-4-19(23(30)12-20)17-39-26-3-1-2-24(31-26)18-6-9-33(10-7-18)14-21-15-35-27(13-25(32-35)28(36)37)34(21)16-22-8-11-38-22/h1-5,12-13,15,18,22H,6-11,14,16-17H2,(H,36,37). The van der Waals surface area contributed by atoms with Crippen LogP contribution in [0.1, 0.15) is 52.6 Å². The molecule has 4 aromatic rings. The number of aromatic nitrogens is 4. The highest BCUT2D eigenvalue weighted by Crippen LogP contribution is 2.29. The first-order chi connectivity index (χ1) is 18.9. The molecule has 9 nitrogen and oxygen atoms in total. The van der Waals surface area contributed by atoms with Gasteiger partial charge in [-0.2, -0.15) is 5.10 Å². The summed E-state index contributed by atoms with van der Waals surface area (Å²) < 4.78 is 29.3. The summed E-state index contributed by atoms with van der Waals surface area (Å²) in [5.41, 5.74) is 3.31. The number of likely N-dealkylation sites (tertiary alicyclic amines) is 1. The van der Waals surface area contributed by atoms with Gasteiger partial charge in [-0.05, 0) is 50.6 Å².